The average Bonchev–Trinajstić information content (AvgIpc) is 2.84. The molecular weight excluding hydrogens is 383 g/mol. The van der Waals surface area contributed by atoms with Crippen LogP contribution in [0, 0.1) is 6.92 Å². The molecule has 25 heavy (non-hydrogen) atoms. The normalized spacial score (nSPS) is 15.6. The van der Waals surface area contributed by atoms with E-state index in [-0.39, 0.29) is 5.91 Å². The fourth-order valence-electron chi connectivity index (χ4n) is 3.03. The van der Waals surface area contributed by atoms with Crippen LogP contribution < -0.4 is 0 Å². The highest BCUT2D eigenvalue weighted by Gasteiger charge is 2.25. The van der Waals surface area contributed by atoms with Crippen LogP contribution in [-0.2, 0) is 13.6 Å². The average molecular weight is 402 g/mol. The number of aryl methyl sites for hydroxylation is 2. The lowest BCUT2D eigenvalue weighted by atomic mass is 10.1. The summed E-state index contributed by atoms with van der Waals surface area (Å²) in [6.07, 6.45) is 0. The Morgan fingerprint density at radius 3 is 2.44 bits per heavy atom. The van der Waals surface area contributed by atoms with Crippen molar-refractivity contribution in [2.45, 2.75) is 13.5 Å². The third-order valence-electron chi connectivity index (χ3n) is 4.49. The topological polar surface area (TPSA) is 41.4 Å². The minimum Gasteiger partial charge on any atom is -0.336 e. The zero-order valence-electron chi connectivity index (χ0n) is 14.1. The molecule has 0 aliphatic carbocycles. The number of nitrogens with zero attached hydrogens (tertiary/aromatic N) is 4. The summed E-state index contributed by atoms with van der Waals surface area (Å²) in [5.41, 5.74) is 2.44. The van der Waals surface area contributed by atoms with Crippen LogP contribution in [0.2, 0.25) is 15.2 Å². The third-order valence-corrected chi connectivity index (χ3v) is 5.78. The molecule has 1 aromatic heterocycles. The number of benzene rings is 1. The fourth-order valence-corrected chi connectivity index (χ4v) is 3.64. The van der Waals surface area contributed by atoms with Crippen LogP contribution in [0.25, 0.3) is 0 Å². The van der Waals surface area contributed by atoms with Crippen molar-refractivity contribution in [3.05, 3.63) is 50.2 Å². The van der Waals surface area contributed by atoms with Crippen molar-refractivity contribution in [3.8, 4) is 0 Å². The van der Waals surface area contributed by atoms with Crippen molar-refractivity contribution < 1.29 is 4.79 Å². The number of hydrogen-bond donors (Lipinski definition) is 0. The molecule has 1 fully saturated rings. The van der Waals surface area contributed by atoms with Crippen LogP contribution >= 0.6 is 34.8 Å². The SMILES string of the molecule is Cc1nn(C)c(Cl)c1CN1CCN(C(=O)c2cccc(Cl)c2Cl)CC1. The third kappa shape index (κ3) is 3.80. The van der Waals surface area contributed by atoms with Gasteiger partial charge in [-0.15, -0.1) is 0 Å². The van der Waals surface area contributed by atoms with Crippen LogP contribution in [0.3, 0.4) is 0 Å². The molecule has 0 unspecified atom stereocenters. The van der Waals surface area contributed by atoms with E-state index in [9.17, 15) is 4.79 Å². The highest BCUT2D eigenvalue weighted by atomic mass is 35.5. The lowest BCUT2D eigenvalue weighted by molar-refractivity contribution is 0.0628. The minimum atomic E-state index is -0.0808. The summed E-state index contributed by atoms with van der Waals surface area (Å²) in [6, 6.07) is 5.13. The monoisotopic (exact) mass is 400 g/mol. The number of carbonyl (C=O) groups is 1. The summed E-state index contributed by atoms with van der Waals surface area (Å²) in [6.45, 7) is 5.51. The van der Waals surface area contributed by atoms with E-state index in [2.05, 4.69) is 10.00 Å². The number of carbonyl (C=O) groups excluding carboxylic acids is 1. The molecule has 0 saturated carbocycles. The quantitative estimate of drug-likeness (QED) is 0.788. The lowest BCUT2D eigenvalue weighted by Crippen LogP contribution is -2.48. The van der Waals surface area contributed by atoms with Gasteiger partial charge in [0.1, 0.15) is 5.15 Å². The van der Waals surface area contributed by atoms with E-state index in [1.54, 1.807) is 22.9 Å². The zero-order valence-corrected chi connectivity index (χ0v) is 16.4. The van der Waals surface area contributed by atoms with Gasteiger partial charge in [0.15, 0.2) is 0 Å². The van der Waals surface area contributed by atoms with Gasteiger partial charge >= 0.3 is 0 Å². The van der Waals surface area contributed by atoms with Crippen LogP contribution in [0.5, 0.6) is 0 Å². The zero-order chi connectivity index (χ0) is 18.1. The molecule has 0 spiro atoms. The number of halogens is 3. The van der Waals surface area contributed by atoms with E-state index < -0.39 is 0 Å². The van der Waals surface area contributed by atoms with E-state index in [1.165, 1.54) is 0 Å². The molecule has 0 radical (unpaired) electrons. The second kappa shape index (κ2) is 7.54. The maximum absolute atomic E-state index is 12.7. The predicted octanol–water partition coefficient (Wildman–Crippen LogP) is 3.65. The van der Waals surface area contributed by atoms with Gasteiger partial charge in [0.25, 0.3) is 5.91 Å². The molecule has 1 aliphatic rings. The molecule has 2 aromatic rings. The summed E-state index contributed by atoms with van der Waals surface area (Å²) >= 11 is 18.5. The number of amides is 1. The van der Waals surface area contributed by atoms with Gasteiger partial charge in [0.05, 0.1) is 21.3 Å². The second-order valence-electron chi connectivity index (χ2n) is 6.15. The molecule has 1 aromatic carbocycles. The van der Waals surface area contributed by atoms with Gasteiger partial charge in [0, 0.05) is 45.3 Å². The smallest absolute Gasteiger partial charge is 0.255 e. The maximum atomic E-state index is 12.7. The van der Waals surface area contributed by atoms with Crippen LogP contribution in [0.1, 0.15) is 21.6 Å². The molecule has 0 bridgehead atoms. The molecule has 3 rings (SSSR count). The Labute approximate surface area is 162 Å². The van der Waals surface area contributed by atoms with Crippen molar-refractivity contribution >= 4 is 40.7 Å². The van der Waals surface area contributed by atoms with Gasteiger partial charge in [-0.1, -0.05) is 40.9 Å². The van der Waals surface area contributed by atoms with E-state index >= 15 is 0 Å². The Morgan fingerprint density at radius 2 is 1.84 bits per heavy atom. The highest BCUT2D eigenvalue weighted by molar-refractivity contribution is 6.43. The molecule has 5 nitrogen and oxygen atoms in total. The molecular formula is C17H19Cl3N4O. The van der Waals surface area contributed by atoms with E-state index in [0.29, 0.717) is 33.9 Å². The number of rotatable bonds is 3. The van der Waals surface area contributed by atoms with Crippen LogP contribution in [0.15, 0.2) is 18.2 Å². The molecule has 8 heteroatoms. The van der Waals surface area contributed by atoms with Crippen molar-refractivity contribution in [1.29, 1.82) is 0 Å². The molecule has 0 atom stereocenters. The van der Waals surface area contributed by atoms with Gasteiger partial charge in [-0.05, 0) is 19.1 Å². The fraction of sp³-hybridized carbons (Fsp3) is 0.412. The summed E-state index contributed by atoms with van der Waals surface area (Å²) in [4.78, 5) is 16.8. The standard InChI is InChI=1S/C17H19Cl3N4O/c1-11-13(16(20)22(2)21-11)10-23-6-8-24(9-7-23)17(25)12-4-3-5-14(18)15(12)19/h3-5H,6-10H2,1-2H3. The highest BCUT2D eigenvalue weighted by Crippen LogP contribution is 2.27. The Hall–Kier alpha value is -1.27. The van der Waals surface area contributed by atoms with Crippen molar-refractivity contribution in [1.82, 2.24) is 19.6 Å². The first-order valence-electron chi connectivity index (χ1n) is 8.02. The molecule has 1 saturated heterocycles. The Morgan fingerprint density at radius 1 is 1.16 bits per heavy atom. The maximum Gasteiger partial charge on any atom is 0.255 e. The van der Waals surface area contributed by atoms with Gasteiger partial charge in [-0.2, -0.15) is 5.10 Å². The van der Waals surface area contributed by atoms with Gasteiger partial charge < -0.3 is 4.90 Å². The Kier molecular flexibility index (Phi) is 5.58. The van der Waals surface area contributed by atoms with E-state index in [0.717, 1.165) is 30.9 Å². The predicted molar refractivity (Wildman–Crippen MR) is 101 cm³/mol. The van der Waals surface area contributed by atoms with E-state index in [1.807, 2.05) is 18.9 Å². The first-order chi connectivity index (χ1) is 11.9. The van der Waals surface area contributed by atoms with Crippen molar-refractivity contribution in [3.63, 3.8) is 0 Å². The first-order valence-corrected chi connectivity index (χ1v) is 9.15. The van der Waals surface area contributed by atoms with E-state index in [4.69, 9.17) is 34.8 Å². The molecule has 2 heterocycles. The number of piperazine rings is 1. The Bertz CT molecular complexity index is 797. The first kappa shape index (κ1) is 18.5. The summed E-state index contributed by atoms with van der Waals surface area (Å²) < 4.78 is 1.69. The van der Waals surface area contributed by atoms with Crippen LogP contribution in [0.4, 0.5) is 0 Å². The largest absolute Gasteiger partial charge is 0.336 e. The molecule has 0 N–H and O–H groups in total. The van der Waals surface area contributed by atoms with Gasteiger partial charge in [-0.25, -0.2) is 0 Å². The molecule has 1 aliphatic heterocycles. The summed E-state index contributed by atoms with van der Waals surface area (Å²) in [5.74, 6) is -0.0808. The van der Waals surface area contributed by atoms with Crippen molar-refractivity contribution in [2.75, 3.05) is 26.2 Å². The summed E-state index contributed by atoms with van der Waals surface area (Å²) in [5, 5.41) is 5.72. The lowest BCUT2D eigenvalue weighted by Gasteiger charge is -2.35. The Balaban J connectivity index is 1.64. The molecule has 134 valence electrons. The van der Waals surface area contributed by atoms with Gasteiger partial charge in [-0.3, -0.25) is 14.4 Å². The van der Waals surface area contributed by atoms with Crippen LogP contribution in [-0.4, -0.2) is 51.7 Å². The molecule has 1 amide bonds. The summed E-state index contributed by atoms with van der Waals surface area (Å²) in [7, 11) is 1.84. The minimum absolute atomic E-state index is 0.0808. The number of hydrogen-bond acceptors (Lipinski definition) is 3. The van der Waals surface area contributed by atoms with Gasteiger partial charge in [0.2, 0.25) is 0 Å². The van der Waals surface area contributed by atoms with Crippen molar-refractivity contribution in [2.24, 2.45) is 7.05 Å². The number of aromatic nitrogens is 2. The second-order valence-corrected chi connectivity index (χ2v) is 7.29.